The highest BCUT2D eigenvalue weighted by Gasteiger charge is 2.40. The average Bonchev–Trinajstić information content (AvgIpc) is 3.03. The van der Waals surface area contributed by atoms with Gasteiger partial charge >= 0.3 is 0 Å². The molecule has 1 aliphatic heterocycles. The number of hydrogen-bond donors (Lipinski definition) is 1. The van der Waals surface area contributed by atoms with Crippen LogP contribution < -0.4 is 10.1 Å². The second-order valence-electron chi connectivity index (χ2n) is 6.07. The van der Waals surface area contributed by atoms with E-state index in [0.717, 1.165) is 32.9 Å². The van der Waals surface area contributed by atoms with Gasteiger partial charge in [0.2, 0.25) is 0 Å². The Kier molecular flexibility index (Phi) is 3.86. The molecular weight excluding hydrogens is 374 g/mol. The van der Waals surface area contributed by atoms with E-state index in [9.17, 15) is 0 Å². The molecule has 0 radical (unpaired) electrons. The quantitative estimate of drug-likeness (QED) is 0.641. The summed E-state index contributed by atoms with van der Waals surface area (Å²) >= 11 is 10.1. The van der Waals surface area contributed by atoms with Crippen molar-refractivity contribution in [2.24, 2.45) is 5.92 Å². The fraction of sp³-hybridized carbons (Fsp3) is 0.263. The summed E-state index contributed by atoms with van der Waals surface area (Å²) in [6.45, 7) is 0. The van der Waals surface area contributed by atoms with E-state index in [1.165, 1.54) is 5.56 Å². The van der Waals surface area contributed by atoms with Crippen LogP contribution in [-0.2, 0) is 0 Å². The van der Waals surface area contributed by atoms with Gasteiger partial charge in [0.25, 0.3) is 0 Å². The molecule has 4 rings (SSSR count). The Hall–Kier alpha value is -1.45. The van der Waals surface area contributed by atoms with Crippen molar-refractivity contribution in [2.75, 3.05) is 12.4 Å². The van der Waals surface area contributed by atoms with Crippen molar-refractivity contribution in [2.45, 2.75) is 18.4 Å². The summed E-state index contributed by atoms with van der Waals surface area (Å²) < 4.78 is 6.67. The second kappa shape index (κ2) is 5.88. The van der Waals surface area contributed by atoms with Gasteiger partial charge in [0, 0.05) is 21.0 Å². The van der Waals surface area contributed by atoms with Crippen LogP contribution in [-0.4, -0.2) is 7.11 Å². The predicted molar refractivity (Wildman–Crippen MR) is 98.5 cm³/mol. The van der Waals surface area contributed by atoms with Gasteiger partial charge in [-0.1, -0.05) is 51.8 Å². The first-order chi connectivity index (χ1) is 11.2. The summed E-state index contributed by atoms with van der Waals surface area (Å²) in [6.07, 6.45) is 5.62. The molecule has 0 unspecified atom stereocenters. The van der Waals surface area contributed by atoms with Crippen LogP contribution in [0.5, 0.6) is 5.75 Å². The highest BCUT2D eigenvalue weighted by Crippen LogP contribution is 2.54. The monoisotopic (exact) mass is 389 g/mol. The minimum Gasteiger partial charge on any atom is -0.495 e. The van der Waals surface area contributed by atoms with E-state index < -0.39 is 0 Å². The number of ether oxygens (including phenoxy) is 1. The third-order valence-electron chi connectivity index (χ3n) is 4.86. The zero-order chi connectivity index (χ0) is 16.0. The van der Waals surface area contributed by atoms with Gasteiger partial charge in [-0.3, -0.25) is 0 Å². The molecule has 2 aromatic rings. The van der Waals surface area contributed by atoms with E-state index >= 15 is 0 Å². The van der Waals surface area contributed by atoms with E-state index in [2.05, 4.69) is 57.7 Å². The van der Waals surface area contributed by atoms with Crippen molar-refractivity contribution >= 4 is 33.2 Å². The lowest BCUT2D eigenvalue weighted by Crippen LogP contribution is -2.29. The van der Waals surface area contributed by atoms with Crippen molar-refractivity contribution in [1.82, 2.24) is 0 Å². The van der Waals surface area contributed by atoms with E-state index in [1.807, 2.05) is 12.1 Å². The van der Waals surface area contributed by atoms with E-state index in [0.29, 0.717) is 11.8 Å². The van der Waals surface area contributed by atoms with Crippen molar-refractivity contribution in [3.8, 4) is 5.75 Å². The van der Waals surface area contributed by atoms with Crippen LogP contribution in [0.2, 0.25) is 5.02 Å². The highest BCUT2D eigenvalue weighted by molar-refractivity contribution is 9.10. The maximum absolute atomic E-state index is 6.52. The van der Waals surface area contributed by atoms with E-state index in [1.54, 1.807) is 7.11 Å². The largest absolute Gasteiger partial charge is 0.495 e. The Morgan fingerprint density at radius 2 is 2.13 bits per heavy atom. The molecule has 0 amide bonds. The summed E-state index contributed by atoms with van der Waals surface area (Å²) in [6, 6.07) is 12.6. The van der Waals surface area contributed by atoms with Gasteiger partial charge in [0.1, 0.15) is 5.75 Å². The number of nitrogens with one attached hydrogen (secondary N) is 1. The molecule has 0 aromatic heterocycles. The minimum atomic E-state index is 0.243. The van der Waals surface area contributed by atoms with Crippen molar-refractivity contribution < 1.29 is 4.74 Å². The number of halogens is 2. The number of rotatable bonds is 2. The number of benzene rings is 2. The molecule has 0 bridgehead atoms. The first-order valence-corrected chi connectivity index (χ1v) is 8.91. The second-order valence-corrected chi connectivity index (χ2v) is 7.39. The van der Waals surface area contributed by atoms with Gasteiger partial charge in [-0.2, -0.15) is 0 Å². The Balaban J connectivity index is 1.86. The van der Waals surface area contributed by atoms with E-state index in [-0.39, 0.29) is 6.04 Å². The summed E-state index contributed by atoms with van der Waals surface area (Å²) in [7, 11) is 1.70. The number of anilines is 1. The lowest BCUT2D eigenvalue weighted by atomic mass is 9.77. The topological polar surface area (TPSA) is 21.3 Å². The van der Waals surface area contributed by atoms with E-state index in [4.69, 9.17) is 16.3 Å². The molecule has 1 heterocycles. The predicted octanol–water partition coefficient (Wildman–Crippen LogP) is 5.94. The lowest BCUT2D eigenvalue weighted by Gasteiger charge is -2.38. The molecular formula is C19H17BrClNO. The van der Waals surface area contributed by atoms with Crippen LogP contribution in [0.15, 0.2) is 53.0 Å². The van der Waals surface area contributed by atoms with Crippen LogP contribution in [0, 0.1) is 5.92 Å². The Morgan fingerprint density at radius 3 is 2.91 bits per heavy atom. The Morgan fingerprint density at radius 1 is 1.26 bits per heavy atom. The summed E-state index contributed by atoms with van der Waals surface area (Å²) in [5.41, 5.74) is 3.47. The van der Waals surface area contributed by atoms with Crippen LogP contribution >= 0.6 is 27.5 Å². The maximum atomic E-state index is 6.52. The third-order valence-corrected chi connectivity index (χ3v) is 5.68. The van der Waals surface area contributed by atoms with Gasteiger partial charge in [0.15, 0.2) is 0 Å². The smallest absolute Gasteiger partial charge is 0.142 e. The molecule has 118 valence electrons. The number of hydrogen-bond acceptors (Lipinski definition) is 2. The average molecular weight is 391 g/mol. The fourth-order valence-corrected chi connectivity index (χ4v) is 4.54. The third kappa shape index (κ3) is 2.47. The van der Waals surface area contributed by atoms with Gasteiger partial charge < -0.3 is 10.1 Å². The van der Waals surface area contributed by atoms with Crippen LogP contribution in [0.3, 0.4) is 0 Å². The Bertz CT molecular complexity index is 789. The summed E-state index contributed by atoms with van der Waals surface area (Å²) in [5, 5.41) is 4.51. The molecule has 3 atom stereocenters. The fourth-order valence-electron chi connectivity index (χ4n) is 3.84. The molecule has 0 spiro atoms. The van der Waals surface area contributed by atoms with Gasteiger partial charge in [0.05, 0.1) is 18.8 Å². The number of allylic oxidation sites excluding steroid dienone is 2. The molecule has 2 aliphatic rings. The zero-order valence-electron chi connectivity index (χ0n) is 12.7. The van der Waals surface area contributed by atoms with Gasteiger partial charge in [-0.15, -0.1) is 0 Å². The first kappa shape index (κ1) is 15.1. The molecule has 2 aromatic carbocycles. The molecule has 0 saturated carbocycles. The number of methoxy groups -OCH3 is 1. The van der Waals surface area contributed by atoms with Crippen molar-refractivity contribution in [1.29, 1.82) is 0 Å². The summed E-state index contributed by atoms with van der Waals surface area (Å²) in [5.74, 6) is 1.65. The van der Waals surface area contributed by atoms with Crippen LogP contribution in [0.4, 0.5) is 5.69 Å². The van der Waals surface area contributed by atoms with Crippen molar-refractivity contribution in [3.63, 3.8) is 0 Å². The molecule has 1 N–H and O–H groups in total. The van der Waals surface area contributed by atoms with Crippen LogP contribution in [0.25, 0.3) is 0 Å². The zero-order valence-corrected chi connectivity index (χ0v) is 15.1. The van der Waals surface area contributed by atoms with Gasteiger partial charge in [-0.25, -0.2) is 0 Å². The molecule has 1 aliphatic carbocycles. The molecule has 23 heavy (non-hydrogen) atoms. The normalized spacial score (nSPS) is 24.7. The molecule has 0 fully saturated rings. The molecule has 0 saturated heterocycles. The van der Waals surface area contributed by atoms with Crippen molar-refractivity contribution in [3.05, 3.63) is 69.2 Å². The van der Waals surface area contributed by atoms with Crippen LogP contribution in [0.1, 0.15) is 29.5 Å². The standard InChI is InChI=1S/C19H17BrClNO/c1-23-16-9-8-15(21)17-13-6-3-7-14(13)18(22-19(16)17)11-4-2-5-12(20)10-11/h2-6,8-10,13-14,18,22H,7H2,1H3/t13-,14+,18-/m1/s1. The SMILES string of the molecule is COc1ccc(Cl)c2c1N[C@H](c1cccc(Br)c1)[C@H]1CC=C[C@@H]21. The lowest BCUT2D eigenvalue weighted by molar-refractivity contribution is 0.397. The minimum absolute atomic E-state index is 0.243. The first-order valence-electron chi connectivity index (χ1n) is 7.74. The number of fused-ring (bicyclic) bond motifs is 3. The highest BCUT2D eigenvalue weighted by atomic mass is 79.9. The van der Waals surface area contributed by atoms with Gasteiger partial charge in [-0.05, 0) is 42.2 Å². The maximum Gasteiger partial charge on any atom is 0.142 e. The molecule has 2 nitrogen and oxygen atoms in total. The molecule has 4 heteroatoms. The Labute approximate surface area is 149 Å². The summed E-state index contributed by atoms with van der Waals surface area (Å²) in [4.78, 5) is 0.